The highest BCUT2D eigenvalue weighted by Gasteiger charge is 2.02. The summed E-state index contributed by atoms with van der Waals surface area (Å²) in [6.45, 7) is 8.96. The molecular formula is C13H20. The molecule has 1 aromatic carbocycles. The average Bonchev–Trinajstić information content (AvgIpc) is 2.16. The second-order valence-electron chi connectivity index (χ2n) is 3.94. The Hall–Kier alpha value is -0.780. The lowest BCUT2D eigenvalue weighted by atomic mass is 9.96. The first-order chi connectivity index (χ1) is 6.17. The average molecular weight is 176 g/mol. The van der Waals surface area contributed by atoms with Crippen LogP contribution in [-0.4, -0.2) is 0 Å². The van der Waals surface area contributed by atoms with Gasteiger partial charge in [0.2, 0.25) is 0 Å². The van der Waals surface area contributed by atoms with Gasteiger partial charge in [-0.1, -0.05) is 45.9 Å². The van der Waals surface area contributed by atoms with Gasteiger partial charge in [0.1, 0.15) is 0 Å². The van der Waals surface area contributed by atoms with Crippen molar-refractivity contribution in [2.24, 2.45) is 0 Å². The van der Waals surface area contributed by atoms with Crippen molar-refractivity contribution in [1.82, 2.24) is 0 Å². The van der Waals surface area contributed by atoms with E-state index in [2.05, 4.69) is 45.9 Å². The van der Waals surface area contributed by atoms with Crippen molar-refractivity contribution in [2.45, 2.75) is 46.5 Å². The molecule has 0 aliphatic carbocycles. The molecule has 1 aromatic rings. The molecule has 13 heavy (non-hydrogen) atoms. The maximum absolute atomic E-state index is 2.34. The highest BCUT2D eigenvalue weighted by molar-refractivity contribution is 5.31. The van der Waals surface area contributed by atoms with E-state index in [1.54, 1.807) is 0 Å². The van der Waals surface area contributed by atoms with Crippen LogP contribution in [0.3, 0.4) is 0 Å². The Morgan fingerprint density at radius 2 is 1.38 bits per heavy atom. The molecule has 0 aromatic heterocycles. The summed E-state index contributed by atoms with van der Waals surface area (Å²) in [5.41, 5.74) is 4.43. The van der Waals surface area contributed by atoms with E-state index in [4.69, 9.17) is 0 Å². The summed E-state index contributed by atoms with van der Waals surface area (Å²) in [6, 6.07) is 7.00. The lowest BCUT2D eigenvalue weighted by molar-refractivity contribution is 0.857. The zero-order chi connectivity index (χ0) is 9.84. The van der Waals surface area contributed by atoms with E-state index in [-0.39, 0.29) is 0 Å². The molecule has 0 amide bonds. The van der Waals surface area contributed by atoms with Crippen LogP contribution in [-0.2, 0) is 12.8 Å². The molecule has 0 unspecified atom stereocenters. The molecule has 0 N–H and O–H groups in total. The number of rotatable bonds is 3. The molecule has 0 aliphatic heterocycles. The van der Waals surface area contributed by atoms with Gasteiger partial charge in [-0.15, -0.1) is 0 Å². The van der Waals surface area contributed by atoms with E-state index in [0.29, 0.717) is 5.92 Å². The Balaban J connectivity index is 3.07. The maximum atomic E-state index is 2.34. The molecule has 0 spiro atoms. The van der Waals surface area contributed by atoms with Crippen LogP contribution in [0.25, 0.3) is 0 Å². The van der Waals surface area contributed by atoms with E-state index in [0.717, 1.165) is 12.8 Å². The van der Waals surface area contributed by atoms with Crippen molar-refractivity contribution < 1.29 is 0 Å². The molecule has 72 valence electrons. The fraction of sp³-hybridized carbons (Fsp3) is 0.538. The first-order valence-corrected chi connectivity index (χ1v) is 5.30. The molecular weight excluding hydrogens is 156 g/mol. The minimum Gasteiger partial charge on any atom is -0.0613 e. The molecule has 0 atom stereocenters. The highest BCUT2D eigenvalue weighted by Crippen LogP contribution is 2.19. The Morgan fingerprint density at radius 3 is 1.69 bits per heavy atom. The van der Waals surface area contributed by atoms with E-state index in [1.165, 1.54) is 16.7 Å². The lowest BCUT2D eigenvalue weighted by Crippen LogP contribution is -1.93. The minimum atomic E-state index is 0.650. The number of hydrogen-bond acceptors (Lipinski definition) is 0. The van der Waals surface area contributed by atoms with E-state index in [9.17, 15) is 0 Å². The minimum absolute atomic E-state index is 0.650. The van der Waals surface area contributed by atoms with E-state index in [1.807, 2.05) is 0 Å². The molecule has 1 rings (SSSR count). The first kappa shape index (κ1) is 10.3. The van der Waals surface area contributed by atoms with Crippen LogP contribution in [0.1, 0.15) is 50.3 Å². The largest absolute Gasteiger partial charge is 0.0613 e. The molecule has 0 nitrogen and oxygen atoms in total. The van der Waals surface area contributed by atoms with Gasteiger partial charge in [-0.05, 0) is 35.4 Å². The quantitative estimate of drug-likeness (QED) is 0.654. The lowest BCUT2D eigenvalue weighted by Gasteiger charge is -2.10. The van der Waals surface area contributed by atoms with Gasteiger partial charge in [0.05, 0.1) is 0 Å². The van der Waals surface area contributed by atoms with Crippen molar-refractivity contribution >= 4 is 0 Å². The Morgan fingerprint density at radius 1 is 0.923 bits per heavy atom. The third kappa shape index (κ3) is 2.58. The van der Waals surface area contributed by atoms with E-state index >= 15 is 0 Å². The van der Waals surface area contributed by atoms with Crippen LogP contribution >= 0.6 is 0 Å². The van der Waals surface area contributed by atoms with Crippen molar-refractivity contribution in [3.8, 4) is 0 Å². The van der Waals surface area contributed by atoms with Crippen molar-refractivity contribution in [1.29, 1.82) is 0 Å². The van der Waals surface area contributed by atoms with Crippen LogP contribution in [0.5, 0.6) is 0 Å². The molecule has 0 fully saturated rings. The van der Waals surface area contributed by atoms with Crippen LogP contribution in [0.15, 0.2) is 18.2 Å². The number of aryl methyl sites for hydroxylation is 2. The molecule has 0 heterocycles. The van der Waals surface area contributed by atoms with Gasteiger partial charge < -0.3 is 0 Å². The third-order valence-corrected chi connectivity index (χ3v) is 2.56. The van der Waals surface area contributed by atoms with E-state index < -0.39 is 0 Å². The van der Waals surface area contributed by atoms with Gasteiger partial charge in [-0.3, -0.25) is 0 Å². The normalized spacial score (nSPS) is 10.8. The van der Waals surface area contributed by atoms with Gasteiger partial charge in [-0.2, -0.15) is 0 Å². The van der Waals surface area contributed by atoms with Crippen molar-refractivity contribution in [2.75, 3.05) is 0 Å². The highest BCUT2D eigenvalue weighted by atomic mass is 14.1. The fourth-order valence-electron chi connectivity index (χ4n) is 1.53. The first-order valence-electron chi connectivity index (χ1n) is 5.30. The maximum Gasteiger partial charge on any atom is -0.0219 e. The standard InChI is InChI=1S/C13H20/c1-5-11-7-12(6-2)9-13(8-11)10(3)4/h7-10H,5-6H2,1-4H3. The monoisotopic (exact) mass is 176 g/mol. The third-order valence-electron chi connectivity index (χ3n) is 2.56. The van der Waals surface area contributed by atoms with Crippen LogP contribution < -0.4 is 0 Å². The second kappa shape index (κ2) is 4.45. The van der Waals surface area contributed by atoms with Gasteiger partial charge in [0.15, 0.2) is 0 Å². The van der Waals surface area contributed by atoms with Crippen LogP contribution in [0.4, 0.5) is 0 Å². The van der Waals surface area contributed by atoms with Gasteiger partial charge in [0, 0.05) is 0 Å². The summed E-state index contributed by atoms with van der Waals surface area (Å²) in [5.74, 6) is 0.650. The van der Waals surface area contributed by atoms with Crippen molar-refractivity contribution in [3.05, 3.63) is 34.9 Å². The predicted octanol–water partition coefficient (Wildman–Crippen LogP) is 3.93. The fourth-order valence-corrected chi connectivity index (χ4v) is 1.53. The van der Waals surface area contributed by atoms with Gasteiger partial charge >= 0.3 is 0 Å². The van der Waals surface area contributed by atoms with Gasteiger partial charge in [-0.25, -0.2) is 0 Å². The molecule has 0 heteroatoms. The second-order valence-corrected chi connectivity index (χ2v) is 3.94. The van der Waals surface area contributed by atoms with Crippen molar-refractivity contribution in [3.63, 3.8) is 0 Å². The zero-order valence-electron chi connectivity index (χ0n) is 9.22. The summed E-state index contributed by atoms with van der Waals surface area (Å²) in [4.78, 5) is 0. The zero-order valence-corrected chi connectivity index (χ0v) is 9.22. The number of hydrogen-bond donors (Lipinski definition) is 0. The SMILES string of the molecule is CCc1cc(CC)cc(C(C)C)c1. The number of benzene rings is 1. The molecule has 0 bridgehead atoms. The summed E-state index contributed by atoms with van der Waals surface area (Å²) in [7, 11) is 0. The Bertz CT molecular complexity index is 249. The van der Waals surface area contributed by atoms with Crippen LogP contribution in [0.2, 0.25) is 0 Å². The summed E-state index contributed by atoms with van der Waals surface area (Å²) < 4.78 is 0. The smallest absolute Gasteiger partial charge is 0.0219 e. The molecule has 0 aliphatic rings. The predicted molar refractivity (Wildman–Crippen MR) is 59.3 cm³/mol. The molecule has 0 saturated carbocycles. The Labute approximate surface area is 82.0 Å². The summed E-state index contributed by atoms with van der Waals surface area (Å²) in [5, 5.41) is 0. The topological polar surface area (TPSA) is 0 Å². The van der Waals surface area contributed by atoms with Gasteiger partial charge in [0.25, 0.3) is 0 Å². The Kier molecular flexibility index (Phi) is 3.53. The summed E-state index contributed by atoms with van der Waals surface area (Å²) >= 11 is 0. The van der Waals surface area contributed by atoms with Crippen LogP contribution in [0, 0.1) is 0 Å². The summed E-state index contributed by atoms with van der Waals surface area (Å²) in [6.07, 6.45) is 2.29. The molecule has 0 saturated heterocycles. The molecule has 0 radical (unpaired) electrons.